The van der Waals surface area contributed by atoms with Crippen LogP contribution in [0, 0.1) is 0 Å². The number of para-hydroxylation sites is 1. The van der Waals surface area contributed by atoms with E-state index in [-0.39, 0.29) is 0 Å². The number of hydrogen-bond acceptors (Lipinski definition) is 2. The van der Waals surface area contributed by atoms with Crippen LogP contribution in [0.1, 0.15) is 30.1 Å². The summed E-state index contributed by atoms with van der Waals surface area (Å²) in [5.74, 6) is 0. The molecule has 2 N–H and O–H groups in total. The van der Waals surface area contributed by atoms with Crippen molar-refractivity contribution >= 4 is 10.9 Å². The predicted octanol–water partition coefficient (Wildman–Crippen LogP) is 2.45. The third-order valence-corrected chi connectivity index (χ3v) is 4.58. The molecule has 0 aliphatic carbocycles. The molecule has 0 unspecified atom stereocenters. The van der Waals surface area contributed by atoms with Crippen LogP contribution in [0.3, 0.4) is 0 Å². The van der Waals surface area contributed by atoms with Crippen LogP contribution in [0.5, 0.6) is 0 Å². The first kappa shape index (κ1) is 11.5. The van der Waals surface area contributed by atoms with Crippen LogP contribution in [-0.2, 0) is 6.42 Å². The van der Waals surface area contributed by atoms with Gasteiger partial charge in [-0.15, -0.1) is 0 Å². The molecule has 1 aromatic carbocycles. The molecule has 0 saturated carbocycles. The summed E-state index contributed by atoms with van der Waals surface area (Å²) in [6.07, 6.45) is 3.86. The van der Waals surface area contributed by atoms with Crippen LogP contribution in [0.15, 0.2) is 24.3 Å². The van der Waals surface area contributed by atoms with Crippen LogP contribution < -0.4 is 5.32 Å². The number of H-pyrrole nitrogens is 1. The van der Waals surface area contributed by atoms with E-state index in [0.29, 0.717) is 6.04 Å². The van der Waals surface area contributed by atoms with Crippen LogP contribution in [-0.4, -0.2) is 36.1 Å². The van der Waals surface area contributed by atoms with E-state index in [1.165, 1.54) is 48.1 Å². The maximum atomic E-state index is 3.72. The minimum absolute atomic E-state index is 0.498. The lowest BCUT2D eigenvalue weighted by atomic mass is 9.97. The summed E-state index contributed by atoms with van der Waals surface area (Å²) in [5.41, 5.74) is 4.26. The Kier molecular flexibility index (Phi) is 2.82. The number of rotatable bonds is 2. The molecule has 4 rings (SSSR count). The Hall–Kier alpha value is -1.32. The Bertz CT molecular complexity index is 581. The lowest BCUT2D eigenvalue weighted by Gasteiger charge is -2.28. The highest BCUT2D eigenvalue weighted by Gasteiger charge is 2.26. The number of aromatic nitrogens is 1. The van der Waals surface area contributed by atoms with E-state index in [0.717, 1.165) is 19.5 Å². The Morgan fingerprint density at radius 3 is 2.89 bits per heavy atom. The first-order valence-corrected chi connectivity index (χ1v) is 7.47. The number of likely N-dealkylation sites (tertiary alicyclic amines) is 1. The van der Waals surface area contributed by atoms with E-state index in [1.54, 1.807) is 0 Å². The highest BCUT2D eigenvalue weighted by atomic mass is 15.2. The number of aromatic amines is 1. The fraction of sp³-hybridized carbons (Fsp3) is 0.500. The molecule has 1 aromatic heterocycles. The van der Waals surface area contributed by atoms with E-state index in [2.05, 4.69) is 39.5 Å². The summed E-state index contributed by atoms with van der Waals surface area (Å²) in [7, 11) is 0. The van der Waals surface area contributed by atoms with Crippen molar-refractivity contribution in [2.24, 2.45) is 0 Å². The minimum Gasteiger partial charge on any atom is -0.358 e. The lowest BCUT2D eigenvalue weighted by Crippen LogP contribution is -2.37. The molecule has 3 heterocycles. The van der Waals surface area contributed by atoms with Crippen molar-refractivity contribution in [2.75, 3.05) is 26.2 Å². The number of fused-ring (bicyclic) bond motifs is 3. The van der Waals surface area contributed by atoms with Crippen LogP contribution in [0.25, 0.3) is 10.9 Å². The molecule has 100 valence electrons. The van der Waals surface area contributed by atoms with Gasteiger partial charge in [0.15, 0.2) is 0 Å². The summed E-state index contributed by atoms with van der Waals surface area (Å²) in [5, 5.41) is 5.13. The monoisotopic (exact) mass is 255 g/mol. The van der Waals surface area contributed by atoms with Gasteiger partial charge in [0.25, 0.3) is 0 Å². The van der Waals surface area contributed by atoms with Crippen molar-refractivity contribution in [3.05, 3.63) is 35.5 Å². The second-order valence-corrected chi connectivity index (χ2v) is 5.83. The highest BCUT2D eigenvalue weighted by Crippen LogP contribution is 2.31. The molecule has 19 heavy (non-hydrogen) atoms. The standard InChI is InChI=1S/C16H21N3/c1-2-6-13-12(5-1)16-14(18-13)7-8-17-15(16)11-19-9-3-4-10-19/h1-2,5-6,15,17-18H,3-4,7-11H2/t15-/m1/s1. The van der Waals surface area contributed by atoms with Crippen LogP contribution in [0.4, 0.5) is 0 Å². The Morgan fingerprint density at radius 2 is 2.00 bits per heavy atom. The van der Waals surface area contributed by atoms with Gasteiger partial charge in [-0.05, 0) is 37.6 Å². The average molecular weight is 255 g/mol. The Labute approximate surface area is 114 Å². The molecule has 0 spiro atoms. The van der Waals surface area contributed by atoms with Gasteiger partial charge in [-0.3, -0.25) is 0 Å². The average Bonchev–Trinajstić information content (AvgIpc) is 3.05. The van der Waals surface area contributed by atoms with Crippen molar-refractivity contribution in [1.29, 1.82) is 0 Å². The fourth-order valence-corrected chi connectivity index (χ4v) is 3.67. The highest BCUT2D eigenvalue weighted by molar-refractivity contribution is 5.85. The SMILES string of the molecule is c1ccc2c3c([nH]c2c1)CCN[C@@H]3CN1CCCC1. The van der Waals surface area contributed by atoms with Gasteiger partial charge in [-0.25, -0.2) is 0 Å². The molecule has 0 amide bonds. The van der Waals surface area contributed by atoms with Gasteiger partial charge in [-0.2, -0.15) is 0 Å². The summed E-state index contributed by atoms with van der Waals surface area (Å²) in [6, 6.07) is 9.22. The molecule has 3 heteroatoms. The molecular formula is C16H21N3. The van der Waals surface area contributed by atoms with Crippen molar-refractivity contribution in [3.8, 4) is 0 Å². The summed E-state index contributed by atoms with van der Waals surface area (Å²) < 4.78 is 0. The zero-order valence-corrected chi connectivity index (χ0v) is 11.3. The quantitative estimate of drug-likeness (QED) is 0.863. The zero-order valence-electron chi connectivity index (χ0n) is 11.3. The van der Waals surface area contributed by atoms with Crippen molar-refractivity contribution in [3.63, 3.8) is 0 Å². The second kappa shape index (κ2) is 4.66. The van der Waals surface area contributed by atoms with Gasteiger partial charge >= 0.3 is 0 Å². The molecule has 3 nitrogen and oxygen atoms in total. The van der Waals surface area contributed by atoms with E-state index < -0.39 is 0 Å². The largest absolute Gasteiger partial charge is 0.358 e. The van der Waals surface area contributed by atoms with E-state index in [4.69, 9.17) is 0 Å². The Balaban J connectivity index is 1.71. The maximum absolute atomic E-state index is 3.72. The molecule has 2 aliphatic rings. The third-order valence-electron chi connectivity index (χ3n) is 4.58. The Morgan fingerprint density at radius 1 is 1.16 bits per heavy atom. The lowest BCUT2D eigenvalue weighted by molar-refractivity contribution is 0.288. The van der Waals surface area contributed by atoms with E-state index in [1.807, 2.05) is 0 Å². The second-order valence-electron chi connectivity index (χ2n) is 5.83. The number of benzene rings is 1. The van der Waals surface area contributed by atoms with Gasteiger partial charge in [0.2, 0.25) is 0 Å². The third kappa shape index (κ3) is 1.97. The molecule has 0 radical (unpaired) electrons. The minimum atomic E-state index is 0.498. The normalized spacial score (nSPS) is 23.9. The number of hydrogen-bond donors (Lipinski definition) is 2. The first-order valence-electron chi connectivity index (χ1n) is 7.47. The molecule has 2 aliphatic heterocycles. The van der Waals surface area contributed by atoms with Crippen molar-refractivity contribution < 1.29 is 0 Å². The van der Waals surface area contributed by atoms with Gasteiger partial charge < -0.3 is 15.2 Å². The maximum Gasteiger partial charge on any atom is 0.0473 e. The predicted molar refractivity (Wildman–Crippen MR) is 78.4 cm³/mol. The smallest absolute Gasteiger partial charge is 0.0473 e. The summed E-state index contributed by atoms with van der Waals surface area (Å²) in [4.78, 5) is 6.22. The van der Waals surface area contributed by atoms with Gasteiger partial charge in [-0.1, -0.05) is 18.2 Å². The molecule has 1 atom stereocenters. The molecule has 0 bridgehead atoms. The topological polar surface area (TPSA) is 31.1 Å². The molecule has 1 fully saturated rings. The molecule has 1 saturated heterocycles. The fourth-order valence-electron chi connectivity index (χ4n) is 3.67. The van der Waals surface area contributed by atoms with Crippen LogP contribution >= 0.6 is 0 Å². The van der Waals surface area contributed by atoms with E-state index >= 15 is 0 Å². The van der Waals surface area contributed by atoms with E-state index in [9.17, 15) is 0 Å². The van der Waals surface area contributed by atoms with Gasteiger partial charge in [0, 0.05) is 42.1 Å². The zero-order chi connectivity index (χ0) is 12.7. The number of nitrogens with zero attached hydrogens (tertiary/aromatic N) is 1. The molecular weight excluding hydrogens is 234 g/mol. The van der Waals surface area contributed by atoms with Gasteiger partial charge in [0.1, 0.15) is 0 Å². The first-order chi connectivity index (χ1) is 9.42. The summed E-state index contributed by atoms with van der Waals surface area (Å²) in [6.45, 7) is 4.80. The molecule has 2 aromatic rings. The van der Waals surface area contributed by atoms with Crippen molar-refractivity contribution in [2.45, 2.75) is 25.3 Å². The van der Waals surface area contributed by atoms with Crippen LogP contribution in [0.2, 0.25) is 0 Å². The summed E-state index contributed by atoms with van der Waals surface area (Å²) >= 11 is 0. The van der Waals surface area contributed by atoms with Gasteiger partial charge in [0.05, 0.1) is 0 Å². The van der Waals surface area contributed by atoms with Crippen molar-refractivity contribution in [1.82, 2.24) is 15.2 Å². The number of nitrogens with one attached hydrogen (secondary N) is 2.